The summed E-state index contributed by atoms with van der Waals surface area (Å²) in [7, 11) is 0. The third kappa shape index (κ3) is 7.55. The van der Waals surface area contributed by atoms with Crippen LogP contribution in [0.1, 0.15) is 20.3 Å². The fraction of sp³-hybridized carbons (Fsp3) is 0.258. The van der Waals surface area contributed by atoms with Crippen LogP contribution in [0.5, 0.6) is 0 Å². The van der Waals surface area contributed by atoms with E-state index in [0.29, 0.717) is 25.8 Å². The van der Waals surface area contributed by atoms with Crippen LogP contribution in [-0.2, 0) is 16.0 Å². The largest absolute Gasteiger partial charge is 0.350 e. The minimum atomic E-state index is -0.0592. The summed E-state index contributed by atoms with van der Waals surface area (Å²) in [5, 5.41) is 0. The van der Waals surface area contributed by atoms with Gasteiger partial charge in [0.05, 0.1) is 31.4 Å². The first kappa shape index (κ1) is 25.7. The Labute approximate surface area is 215 Å². The number of rotatable bonds is 8. The lowest BCUT2D eigenvalue weighted by molar-refractivity contribution is -0.0490. The molecule has 2 heterocycles. The molecule has 1 aromatic heterocycles. The van der Waals surface area contributed by atoms with Gasteiger partial charge in [0.1, 0.15) is 0 Å². The van der Waals surface area contributed by atoms with Crippen LogP contribution in [0.15, 0.2) is 116 Å². The first-order valence-corrected chi connectivity index (χ1v) is 12.8. The average molecular weight is 478 g/mol. The molecule has 1 aliphatic rings. The maximum absolute atomic E-state index is 5.44. The summed E-state index contributed by atoms with van der Waals surface area (Å²) < 4.78 is 13.0. The molecule has 4 nitrogen and oxygen atoms in total. The minimum absolute atomic E-state index is 0.0592. The fourth-order valence-corrected chi connectivity index (χ4v) is 4.24. The zero-order chi connectivity index (χ0) is 25.0. The molecule has 184 valence electrons. The summed E-state index contributed by atoms with van der Waals surface area (Å²) in [6.45, 7) is 7.05. The Morgan fingerprint density at radius 2 is 1.42 bits per heavy atom. The molecule has 5 heteroatoms. The highest BCUT2D eigenvalue weighted by Gasteiger charge is 2.16. The molecule has 0 unspecified atom stereocenters. The van der Waals surface area contributed by atoms with Crippen molar-refractivity contribution in [1.29, 1.82) is 0 Å². The zero-order valence-corrected chi connectivity index (χ0v) is 21.2. The van der Waals surface area contributed by atoms with E-state index in [9.17, 15) is 0 Å². The number of imidazole rings is 1. The van der Waals surface area contributed by atoms with Crippen LogP contribution in [0.2, 0.25) is 0 Å². The Morgan fingerprint density at radius 1 is 0.861 bits per heavy atom. The van der Waals surface area contributed by atoms with E-state index in [2.05, 4.69) is 108 Å². The van der Waals surface area contributed by atoms with E-state index in [1.165, 1.54) is 16.5 Å². The van der Waals surface area contributed by atoms with Gasteiger partial charge < -0.3 is 14.0 Å². The number of hydrogen-bond acceptors (Lipinski definition) is 3. The van der Waals surface area contributed by atoms with Crippen molar-refractivity contribution in [3.8, 4) is 11.3 Å². The third-order valence-corrected chi connectivity index (χ3v) is 6.08. The van der Waals surface area contributed by atoms with E-state index < -0.39 is 0 Å². The highest BCUT2D eigenvalue weighted by atomic mass is 16.7. The molecule has 0 saturated carbocycles. The molecule has 0 bridgehead atoms. The minimum Gasteiger partial charge on any atom is -0.350 e. The zero-order valence-electron chi connectivity index (χ0n) is 21.2. The number of ether oxygens (including phenoxy) is 2. The van der Waals surface area contributed by atoms with Gasteiger partial charge in [-0.25, -0.2) is 4.98 Å². The predicted octanol–water partition coefficient (Wildman–Crippen LogP) is 5.36. The van der Waals surface area contributed by atoms with Gasteiger partial charge in [-0.15, -0.1) is 5.98 Å². The topological polar surface area (TPSA) is 36.3 Å². The number of aromatic nitrogens is 2. The van der Waals surface area contributed by atoms with Crippen LogP contribution in [0.25, 0.3) is 11.3 Å². The fourth-order valence-electron chi connectivity index (χ4n) is 4.24. The quantitative estimate of drug-likeness (QED) is 0.320. The lowest BCUT2D eigenvalue weighted by atomic mass is 9.40. The van der Waals surface area contributed by atoms with Gasteiger partial charge in [-0.3, -0.25) is 0 Å². The van der Waals surface area contributed by atoms with Crippen LogP contribution in [0.3, 0.4) is 0 Å². The van der Waals surface area contributed by atoms with Gasteiger partial charge >= 0.3 is 0 Å². The Balaban J connectivity index is 0.000000169. The maximum Gasteiger partial charge on any atom is 0.233 e. The molecule has 0 aliphatic carbocycles. The van der Waals surface area contributed by atoms with Crippen LogP contribution in [0, 0.1) is 5.92 Å². The van der Waals surface area contributed by atoms with Crippen molar-refractivity contribution in [3.05, 3.63) is 116 Å². The molecule has 0 amide bonds. The van der Waals surface area contributed by atoms with Crippen LogP contribution >= 0.6 is 0 Å². The molecule has 0 N–H and O–H groups in total. The van der Waals surface area contributed by atoms with E-state index in [-0.39, 0.29) is 6.29 Å². The number of nitrogens with zero attached hydrogens (tertiary/aromatic N) is 2. The number of benzene rings is 3. The predicted molar refractivity (Wildman–Crippen MR) is 150 cm³/mol. The Morgan fingerprint density at radius 3 is 1.97 bits per heavy atom. The lowest BCUT2D eigenvalue weighted by Gasteiger charge is -2.11. The standard InChI is InChI=1S/C17H19B.C14H16N2O2/c1-15(2)13-14-18(16-9-5-3-6-10-16)17-11-7-4-8-12-17;1-2-4-12(5-3-1)13-10-15-11-16(13)7-6-14-17-8-9-18-14/h3-15H,1-2H3;1-5,10-11,14H,6-9H2. The molecular formula is C31H35BN2O2. The normalized spacial score (nSPS) is 13.6. The molecule has 36 heavy (non-hydrogen) atoms. The number of hydrogen-bond donors (Lipinski definition) is 0. The van der Waals surface area contributed by atoms with Gasteiger partial charge in [0.25, 0.3) is 0 Å². The molecule has 3 aromatic carbocycles. The molecule has 0 spiro atoms. The number of aryl methyl sites for hydroxylation is 1. The van der Waals surface area contributed by atoms with Crippen molar-refractivity contribution in [2.45, 2.75) is 33.1 Å². The molecule has 0 radical (unpaired) electrons. The summed E-state index contributed by atoms with van der Waals surface area (Å²) in [5.41, 5.74) is 5.01. The average Bonchev–Trinajstić information content (AvgIpc) is 3.62. The molecule has 4 aromatic rings. The maximum atomic E-state index is 5.44. The molecule has 1 fully saturated rings. The third-order valence-electron chi connectivity index (χ3n) is 6.08. The van der Waals surface area contributed by atoms with E-state index in [1.54, 1.807) is 0 Å². The van der Waals surface area contributed by atoms with Crippen molar-refractivity contribution in [3.63, 3.8) is 0 Å². The van der Waals surface area contributed by atoms with Crippen molar-refractivity contribution < 1.29 is 9.47 Å². The van der Waals surface area contributed by atoms with Gasteiger partial charge in [-0.1, -0.05) is 122 Å². The van der Waals surface area contributed by atoms with Crippen LogP contribution in [-0.4, -0.2) is 35.8 Å². The Kier molecular flexibility index (Phi) is 9.72. The second-order valence-corrected chi connectivity index (χ2v) is 9.23. The van der Waals surface area contributed by atoms with Gasteiger partial charge in [-0.05, 0) is 11.5 Å². The summed E-state index contributed by atoms with van der Waals surface area (Å²) in [4.78, 5) is 4.23. The molecule has 1 aliphatic heterocycles. The highest BCUT2D eigenvalue weighted by Crippen LogP contribution is 2.19. The molecule has 1 saturated heterocycles. The van der Waals surface area contributed by atoms with Gasteiger partial charge in [-0.2, -0.15) is 0 Å². The lowest BCUT2D eigenvalue weighted by Crippen LogP contribution is -2.40. The Bertz CT molecular complexity index is 1130. The monoisotopic (exact) mass is 478 g/mol. The summed E-state index contributed by atoms with van der Waals surface area (Å²) >= 11 is 0. The van der Waals surface area contributed by atoms with E-state index in [1.807, 2.05) is 30.7 Å². The van der Waals surface area contributed by atoms with Crippen molar-refractivity contribution >= 4 is 17.6 Å². The SMILES string of the molecule is CC(C)C=CB(c1ccccc1)c1ccccc1.c1ccc(-c2cncn2CCC2OCCO2)cc1. The second kappa shape index (κ2) is 13.6. The van der Waals surface area contributed by atoms with E-state index in [0.717, 1.165) is 18.7 Å². The van der Waals surface area contributed by atoms with Gasteiger partial charge in [0.15, 0.2) is 6.29 Å². The van der Waals surface area contributed by atoms with Crippen molar-refractivity contribution in [2.75, 3.05) is 13.2 Å². The Hall–Kier alpha value is -3.41. The van der Waals surface area contributed by atoms with Gasteiger partial charge in [0, 0.05) is 13.0 Å². The first-order valence-electron chi connectivity index (χ1n) is 12.8. The van der Waals surface area contributed by atoms with Crippen LogP contribution < -0.4 is 10.9 Å². The van der Waals surface area contributed by atoms with Crippen molar-refractivity contribution in [1.82, 2.24) is 9.55 Å². The van der Waals surface area contributed by atoms with Crippen LogP contribution in [0.4, 0.5) is 0 Å². The van der Waals surface area contributed by atoms with Gasteiger partial charge in [0.2, 0.25) is 6.71 Å². The first-order chi connectivity index (χ1) is 17.7. The summed E-state index contributed by atoms with van der Waals surface area (Å²) in [5.74, 6) is 2.90. The summed E-state index contributed by atoms with van der Waals surface area (Å²) in [6.07, 6.45) is 6.83. The van der Waals surface area contributed by atoms with E-state index in [4.69, 9.17) is 9.47 Å². The summed E-state index contributed by atoms with van der Waals surface area (Å²) in [6, 6.07) is 31.6. The molecule has 5 rings (SSSR count). The second-order valence-electron chi connectivity index (χ2n) is 9.23. The molecule has 0 atom stereocenters. The smallest absolute Gasteiger partial charge is 0.233 e. The highest BCUT2D eigenvalue weighted by molar-refractivity contribution is 6.89. The van der Waals surface area contributed by atoms with E-state index >= 15 is 0 Å². The number of allylic oxidation sites excluding steroid dienone is 1. The van der Waals surface area contributed by atoms with Crippen molar-refractivity contribution in [2.24, 2.45) is 5.92 Å². The molecular weight excluding hydrogens is 443 g/mol.